The fourth-order valence-corrected chi connectivity index (χ4v) is 1.66. The molecule has 1 nitrogen and oxygen atoms in total. The lowest BCUT2D eigenvalue weighted by molar-refractivity contribution is -0.341. The summed E-state index contributed by atoms with van der Waals surface area (Å²) in [6.45, 7) is 0. The predicted molar refractivity (Wildman–Crippen MR) is 55.1 cm³/mol. The number of hydrogen-bond donors (Lipinski definition) is 0. The molecular weight excluding hydrogens is 296 g/mol. The van der Waals surface area contributed by atoms with Gasteiger partial charge in [-0.15, -0.1) is 13.2 Å². The molecule has 0 fully saturated rings. The van der Waals surface area contributed by atoms with E-state index in [2.05, 4.69) is 20.7 Å². The van der Waals surface area contributed by atoms with E-state index in [0.29, 0.717) is 10.6 Å². The van der Waals surface area contributed by atoms with E-state index in [9.17, 15) is 13.2 Å². The van der Waals surface area contributed by atoms with Crippen molar-refractivity contribution >= 4 is 27.5 Å². The molecule has 1 unspecified atom stereocenters. The zero-order chi connectivity index (χ0) is 11.5. The number of rotatable bonds is 3. The lowest BCUT2D eigenvalue weighted by Crippen LogP contribution is -2.19. The van der Waals surface area contributed by atoms with Gasteiger partial charge in [0.05, 0.1) is 0 Å². The van der Waals surface area contributed by atoms with E-state index < -0.39 is 12.5 Å². The average molecular weight is 304 g/mol. The summed E-state index contributed by atoms with van der Waals surface area (Å²) in [4.78, 5) is 0. The molecule has 1 aromatic carbocycles. The Hall–Kier alpha value is -0.260. The van der Waals surface area contributed by atoms with Crippen molar-refractivity contribution in [2.75, 3.05) is 5.33 Å². The standard InChI is InChI=1S/C9H7BrClF3O/c10-5-8(15-9(12,13)14)6-1-3-7(11)4-2-6/h1-4,8H,5H2. The van der Waals surface area contributed by atoms with Gasteiger partial charge in [-0.2, -0.15) is 0 Å². The maximum absolute atomic E-state index is 12.0. The van der Waals surface area contributed by atoms with Crippen LogP contribution in [0.4, 0.5) is 13.2 Å². The third kappa shape index (κ3) is 4.40. The number of hydrogen-bond acceptors (Lipinski definition) is 1. The molecule has 0 radical (unpaired) electrons. The van der Waals surface area contributed by atoms with Gasteiger partial charge in [-0.1, -0.05) is 39.7 Å². The lowest BCUT2D eigenvalue weighted by atomic mass is 10.1. The molecule has 84 valence electrons. The van der Waals surface area contributed by atoms with E-state index in [0.717, 1.165) is 0 Å². The van der Waals surface area contributed by atoms with Crippen LogP contribution in [0.1, 0.15) is 11.7 Å². The molecule has 0 N–H and O–H groups in total. The monoisotopic (exact) mass is 302 g/mol. The van der Waals surface area contributed by atoms with Crippen molar-refractivity contribution in [3.63, 3.8) is 0 Å². The lowest BCUT2D eigenvalue weighted by Gasteiger charge is -2.17. The van der Waals surface area contributed by atoms with Gasteiger partial charge >= 0.3 is 6.36 Å². The van der Waals surface area contributed by atoms with Crippen LogP contribution in [0.15, 0.2) is 24.3 Å². The summed E-state index contributed by atoms with van der Waals surface area (Å²) in [6, 6.07) is 6.04. The first-order chi connectivity index (χ1) is 6.92. The first-order valence-corrected chi connectivity index (χ1v) is 5.48. The first-order valence-electron chi connectivity index (χ1n) is 3.98. The van der Waals surface area contributed by atoms with Crippen molar-refractivity contribution in [1.82, 2.24) is 0 Å². The highest BCUT2D eigenvalue weighted by Crippen LogP contribution is 2.29. The smallest absolute Gasteiger partial charge is 0.283 e. The summed E-state index contributed by atoms with van der Waals surface area (Å²) in [6.07, 6.45) is -5.69. The average Bonchev–Trinajstić information content (AvgIpc) is 2.14. The van der Waals surface area contributed by atoms with E-state index in [1.54, 1.807) is 0 Å². The molecule has 15 heavy (non-hydrogen) atoms. The van der Waals surface area contributed by atoms with Crippen LogP contribution in [-0.2, 0) is 4.74 Å². The fourth-order valence-electron chi connectivity index (χ4n) is 1.03. The zero-order valence-corrected chi connectivity index (χ0v) is 9.73. The van der Waals surface area contributed by atoms with Crippen molar-refractivity contribution in [3.05, 3.63) is 34.9 Å². The van der Waals surface area contributed by atoms with Crippen LogP contribution in [0.5, 0.6) is 0 Å². The molecular formula is C9H7BrClF3O. The van der Waals surface area contributed by atoms with Crippen molar-refractivity contribution in [2.24, 2.45) is 0 Å². The molecule has 0 bridgehead atoms. The highest BCUT2D eigenvalue weighted by molar-refractivity contribution is 9.09. The van der Waals surface area contributed by atoms with Crippen LogP contribution in [0.25, 0.3) is 0 Å². The number of ether oxygens (including phenoxy) is 1. The second-order valence-electron chi connectivity index (χ2n) is 2.76. The van der Waals surface area contributed by atoms with Crippen LogP contribution in [0.3, 0.4) is 0 Å². The zero-order valence-electron chi connectivity index (χ0n) is 7.39. The predicted octanol–water partition coefficient (Wildman–Crippen LogP) is 4.31. The molecule has 0 aliphatic rings. The van der Waals surface area contributed by atoms with E-state index in [1.165, 1.54) is 24.3 Å². The molecule has 0 aliphatic carbocycles. The molecule has 0 amide bonds. The first kappa shape index (κ1) is 12.8. The summed E-state index contributed by atoms with van der Waals surface area (Å²) in [5.74, 6) is 0. The van der Waals surface area contributed by atoms with Crippen LogP contribution >= 0.6 is 27.5 Å². The molecule has 0 heterocycles. The molecule has 0 saturated carbocycles. The second-order valence-corrected chi connectivity index (χ2v) is 3.84. The molecule has 1 rings (SSSR count). The van der Waals surface area contributed by atoms with Crippen molar-refractivity contribution in [3.8, 4) is 0 Å². The van der Waals surface area contributed by atoms with Crippen LogP contribution in [0, 0.1) is 0 Å². The van der Waals surface area contributed by atoms with Gasteiger partial charge in [0.2, 0.25) is 0 Å². The van der Waals surface area contributed by atoms with E-state index in [4.69, 9.17) is 11.6 Å². The molecule has 0 spiro atoms. The second kappa shape index (κ2) is 5.18. The molecule has 1 atom stereocenters. The van der Waals surface area contributed by atoms with Gasteiger partial charge in [0, 0.05) is 10.4 Å². The minimum Gasteiger partial charge on any atom is -0.283 e. The van der Waals surface area contributed by atoms with E-state index in [-0.39, 0.29) is 5.33 Å². The number of halogens is 5. The quantitative estimate of drug-likeness (QED) is 0.756. The highest BCUT2D eigenvalue weighted by Gasteiger charge is 2.33. The highest BCUT2D eigenvalue weighted by atomic mass is 79.9. The Balaban J connectivity index is 2.79. The van der Waals surface area contributed by atoms with Crippen LogP contribution in [0.2, 0.25) is 5.02 Å². The Bertz CT molecular complexity index is 312. The van der Waals surface area contributed by atoms with Gasteiger partial charge in [-0.05, 0) is 17.7 Å². The van der Waals surface area contributed by atoms with Gasteiger partial charge in [0.1, 0.15) is 6.10 Å². The molecule has 1 aromatic rings. The summed E-state index contributed by atoms with van der Waals surface area (Å²) in [7, 11) is 0. The Kier molecular flexibility index (Phi) is 4.43. The number of benzene rings is 1. The minimum atomic E-state index is -4.64. The maximum Gasteiger partial charge on any atom is 0.523 e. The molecule has 0 aliphatic heterocycles. The van der Waals surface area contributed by atoms with Gasteiger partial charge in [-0.3, -0.25) is 4.74 Å². The van der Waals surface area contributed by atoms with Crippen LogP contribution in [-0.4, -0.2) is 11.7 Å². The Labute approximate surface area is 98.3 Å². The minimum absolute atomic E-state index is 0.0636. The topological polar surface area (TPSA) is 9.23 Å². The van der Waals surface area contributed by atoms with Crippen molar-refractivity contribution in [2.45, 2.75) is 12.5 Å². The maximum atomic E-state index is 12.0. The molecule has 6 heteroatoms. The van der Waals surface area contributed by atoms with Gasteiger partial charge in [0.15, 0.2) is 0 Å². The summed E-state index contributed by atoms with van der Waals surface area (Å²) in [5, 5.41) is 0.535. The summed E-state index contributed by atoms with van der Waals surface area (Å²) in [5.41, 5.74) is 0.425. The molecule has 0 aromatic heterocycles. The van der Waals surface area contributed by atoms with Gasteiger partial charge in [-0.25, -0.2) is 0 Å². The third-order valence-electron chi connectivity index (χ3n) is 1.66. The summed E-state index contributed by atoms with van der Waals surface area (Å²) < 4.78 is 39.9. The third-order valence-corrected chi connectivity index (χ3v) is 2.50. The van der Waals surface area contributed by atoms with E-state index >= 15 is 0 Å². The van der Waals surface area contributed by atoms with E-state index in [1.807, 2.05) is 0 Å². The molecule has 0 saturated heterocycles. The Morgan fingerprint density at radius 2 is 1.80 bits per heavy atom. The Morgan fingerprint density at radius 1 is 1.27 bits per heavy atom. The van der Waals surface area contributed by atoms with Crippen molar-refractivity contribution < 1.29 is 17.9 Å². The van der Waals surface area contributed by atoms with Crippen LogP contribution < -0.4 is 0 Å². The number of alkyl halides is 4. The SMILES string of the molecule is FC(F)(F)OC(CBr)c1ccc(Cl)cc1. The normalized spacial score (nSPS) is 13.9. The van der Waals surface area contributed by atoms with Crippen molar-refractivity contribution in [1.29, 1.82) is 0 Å². The van der Waals surface area contributed by atoms with Gasteiger partial charge < -0.3 is 0 Å². The van der Waals surface area contributed by atoms with Gasteiger partial charge in [0.25, 0.3) is 0 Å². The largest absolute Gasteiger partial charge is 0.523 e. The summed E-state index contributed by atoms with van der Waals surface area (Å²) >= 11 is 8.58. The Morgan fingerprint density at radius 3 is 2.20 bits per heavy atom. The fraction of sp³-hybridized carbons (Fsp3) is 0.333.